The van der Waals surface area contributed by atoms with Crippen LogP contribution in [0.1, 0.15) is 27.9 Å². The van der Waals surface area contributed by atoms with Crippen molar-refractivity contribution in [3.8, 4) is 11.4 Å². The molecule has 27 heavy (non-hydrogen) atoms. The Bertz CT molecular complexity index is 1020. The first-order valence-corrected chi connectivity index (χ1v) is 8.94. The van der Waals surface area contributed by atoms with E-state index >= 15 is 0 Å². The Morgan fingerprint density at radius 2 is 1.78 bits per heavy atom. The average Bonchev–Trinajstić information content (AvgIpc) is 2.64. The molecule has 0 fully saturated rings. The average molecular weight is 366 g/mol. The summed E-state index contributed by atoms with van der Waals surface area (Å²) in [6.45, 7) is 6.04. The SMILES string of the molecule is Cc1ccc(C)c(Cn2c(-c3ccc(F)cc3)nc(C)c(CCO)c2=O)c1. The predicted molar refractivity (Wildman–Crippen MR) is 104 cm³/mol. The molecule has 3 rings (SSSR count). The summed E-state index contributed by atoms with van der Waals surface area (Å²) in [5.41, 5.74) is 4.83. The van der Waals surface area contributed by atoms with Crippen LogP contribution in [0.15, 0.2) is 47.3 Å². The van der Waals surface area contributed by atoms with Crippen molar-refractivity contribution in [2.75, 3.05) is 6.61 Å². The highest BCUT2D eigenvalue weighted by atomic mass is 19.1. The minimum absolute atomic E-state index is 0.114. The molecule has 1 aromatic heterocycles. The van der Waals surface area contributed by atoms with E-state index in [-0.39, 0.29) is 24.4 Å². The van der Waals surface area contributed by atoms with Gasteiger partial charge in [-0.05, 0) is 56.2 Å². The summed E-state index contributed by atoms with van der Waals surface area (Å²) in [4.78, 5) is 17.8. The van der Waals surface area contributed by atoms with Crippen LogP contribution < -0.4 is 5.56 Å². The highest BCUT2D eigenvalue weighted by Crippen LogP contribution is 2.20. The fourth-order valence-corrected chi connectivity index (χ4v) is 3.21. The smallest absolute Gasteiger partial charge is 0.257 e. The van der Waals surface area contributed by atoms with Gasteiger partial charge in [-0.1, -0.05) is 23.8 Å². The topological polar surface area (TPSA) is 55.1 Å². The number of hydrogen-bond acceptors (Lipinski definition) is 3. The number of aliphatic hydroxyl groups excluding tert-OH is 1. The minimum atomic E-state index is -0.337. The van der Waals surface area contributed by atoms with E-state index in [1.165, 1.54) is 12.1 Å². The molecular formula is C22H23FN2O2. The molecule has 0 unspecified atom stereocenters. The van der Waals surface area contributed by atoms with E-state index in [0.29, 0.717) is 29.2 Å². The van der Waals surface area contributed by atoms with Crippen LogP contribution in [0.4, 0.5) is 4.39 Å². The van der Waals surface area contributed by atoms with Gasteiger partial charge in [0.1, 0.15) is 11.6 Å². The number of aromatic nitrogens is 2. The normalized spacial score (nSPS) is 11.0. The maximum absolute atomic E-state index is 13.4. The van der Waals surface area contributed by atoms with Crippen molar-refractivity contribution >= 4 is 0 Å². The van der Waals surface area contributed by atoms with Gasteiger partial charge >= 0.3 is 0 Å². The van der Waals surface area contributed by atoms with Crippen molar-refractivity contribution < 1.29 is 9.50 Å². The summed E-state index contributed by atoms with van der Waals surface area (Å²) >= 11 is 0. The van der Waals surface area contributed by atoms with Gasteiger partial charge in [0.25, 0.3) is 5.56 Å². The van der Waals surface area contributed by atoms with Gasteiger partial charge in [0, 0.05) is 29.8 Å². The van der Waals surface area contributed by atoms with Gasteiger partial charge in [-0.3, -0.25) is 9.36 Å². The Morgan fingerprint density at radius 1 is 1.07 bits per heavy atom. The van der Waals surface area contributed by atoms with Crippen LogP contribution in [0, 0.1) is 26.6 Å². The molecule has 0 radical (unpaired) electrons. The summed E-state index contributed by atoms with van der Waals surface area (Å²) in [5.74, 6) is 0.163. The zero-order valence-corrected chi connectivity index (χ0v) is 15.8. The summed E-state index contributed by atoms with van der Waals surface area (Å²) in [6.07, 6.45) is 0.258. The maximum Gasteiger partial charge on any atom is 0.257 e. The fourth-order valence-electron chi connectivity index (χ4n) is 3.21. The second-order valence-electron chi connectivity index (χ2n) is 6.80. The lowest BCUT2D eigenvalue weighted by atomic mass is 10.0. The van der Waals surface area contributed by atoms with Gasteiger partial charge in [0.05, 0.1) is 6.54 Å². The molecule has 0 atom stereocenters. The number of aryl methyl sites for hydroxylation is 3. The summed E-state index contributed by atoms with van der Waals surface area (Å²) in [7, 11) is 0. The van der Waals surface area contributed by atoms with Crippen LogP contribution in [0.25, 0.3) is 11.4 Å². The fraction of sp³-hybridized carbons (Fsp3) is 0.273. The molecule has 3 aromatic rings. The molecule has 0 aliphatic rings. The minimum Gasteiger partial charge on any atom is -0.396 e. The third-order valence-corrected chi connectivity index (χ3v) is 4.77. The van der Waals surface area contributed by atoms with E-state index in [4.69, 9.17) is 0 Å². The molecule has 0 saturated heterocycles. The van der Waals surface area contributed by atoms with Gasteiger partial charge in [0.2, 0.25) is 0 Å². The third-order valence-electron chi connectivity index (χ3n) is 4.77. The molecule has 2 aromatic carbocycles. The summed E-state index contributed by atoms with van der Waals surface area (Å²) in [5, 5.41) is 9.33. The van der Waals surface area contributed by atoms with Crippen LogP contribution in [0.2, 0.25) is 0 Å². The van der Waals surface area contributed by atoms with Crippen molar-refractivity contribution in [3.05, 3.63) is 86.6 Å². The molecule has 0 aliphatic carbocycles. The van der Waals surface area contributed by atoms with Crippen LogP contribution >= 0.6 is 0 Å². The molecule has 0 bridgehead atoms. The maximum atomic E-state index is 13.4. The lowest BCUT2D eigenvalue weighted by Crippen LogP contribution is -2.29. The Labute approximate surface area is 158 Å². The molecule has 0 saturated carbocycles. The highest BCUT2D eigenvalue weighted by molar-refractivity contribution is 5.56. The molecule has 5 heteroatoms. The van der Waals surface area contributed by atoms with E-state index < -0.39 is 0 Å². The van der Waals surface area contributed by atoms with Gasteiger partial charge in [0.15, 0.2) is 0 Å². The molecule has 4 nitrogen and oxygen atoms in total. The van der Waals surface area contributed by atoms with E-state index in [1.54, 1.807) is 23.6 Å². The monoisotopic (exact) mass is 366 g/mol. The number of aliphatic hydroxyl groups is 1. The molecule has 1 N–H and O–H groups in total. The van der Waals surface area contributed by atoms with Crippen LogP contribution in [0.3, 0.4) is 0 Å². The van der Waals surface area contributed by atoms with E-state index in [9.17, 15) is 14.3 Å². The summed E-state index contributed by atoms with van der Waals surface area (Å²) in [6, 6.07) is 12.1. The van der Waals surface area contributed by atoms with E-state index in [2.05, 4.69) is 11.1 Å². The van der Waals surface area contributed by atoms with Gasteiger partial charge in [-0.2, -0.15) is 0 Å². The second-order valence-corrected chi connectivity index (χ2v) is 6.80. The quantitative estimate of drug-likeness (QED) is 0.751. The van der Waals surface area contributed by atoms with Crippen molar-refractivity contribution in [1.29, 1.82) is 0 Å². The standard InChI is InChI=1S/C22H23FN2O2/c1-14-4-5-15(2)18(12-14)13-25-21(17-6-8-19(23)9-7-17)24-16(3)20(10-11-26)22(25)27/h4-9,12,26H,10-11,13H2,1-3H3. The van der Waals surface area contributed by atoms with Gasteiger partial charge in [-0.15, -0.1) is 0 Å². The first kappa shape index (κ1) is 19.0. The number of hydrogen-bond donors (Lipinski definition) is 1. The first-order valence-electron chi connectivity index (χ1n) is 8.94. The number of nitrogens with zero attached hydrogens (tertiary/aromatic N) is 2. The first-order chi connectivity index (χ1) is 12.9. The molecule has 0 aliphatic heterocycles. The predicted octanol–water partition coefficient (Wildman–Crippen LogP) is 3.56. The Balaban J connectivity index is 2.22. The van der Waals surface area contributed by atoms with Crippen LogP contribution in [0.5, 0.6) is 0 Å². The highest BCUT2D eigenvalue weighted by Gasteiger charge is 2.16. The van der Waals surface area contributed by atoms with E-state index in [0.717, 1.165) is 16.7 Å². The number of halogens is 1. The lowest BCUT2D eigenvalue weighted by molar-refractivity contribution is 0.298. The Kier molecular flexibility index (Phi) is 5.51. The number of rotatable bonds is 5. The molecule has 1 heterocycles. The Hall–Kier alpha value is -2.79. The van der Waals surface area contributed by atoms with Crippen molar-refractivity contribution in [3.63, 3.8) is 0 Å². The van der Waals surface area contributed by atoms with Crippen LogP contribution in [-0.4, -0.2) is 21.3 Å². The largest absolute Gasteiger partial charge is 0.396 e. The lowest BCUT2D eigenvalue weighted by Gasteiger charge is -2.17. The Morgan fingerprint density at radius 3 is 2.44 bits per heavy atom. The third kappa shape index (κ3) is 3.98. The van der Waals surface area contributed by atoms with E-state index in [1.807, 2.05) is 26.0 Å². The second kappa shape index (κ2) is 7.84. The van der Waals surface area contributed by atoms with Gasteiger partial charge < -0.3 is 5.11 Å². The molecule has 0 spiro atoms. The van der Waals surface area contributed by atoms with Crippen molar-refractivity contribution in [2.24, 2.45) is 0 Å². The zero-order valence-electron chi connectivity index (χ0n) is 15.8. The van der Waals surface area contributed by atoms with Crippen molar-refractivity contribution in [1.82, 2.24) is 9.55 Å². The summed E-state index contributed by atoms with van der Waals surface area (Å²) < 4.78 is 15.0. The zero-order chi connectivity index (χ0) is 19.6. The molecule has 140 valence electrons. The molecule has 0 amide bonds. The number of benzene rings is 2. The van der Waals surface area contributed by atoms with Crippen LogP contribution in [-0.2, 0) is 13.0 Å². The molecular weight excluding hydrogens is 343 g/mol. The van der Waals surface area contributed by atoms with Gasteiger partial charge in [-0.25, -0.2) is 9.37 Å². The van der Waals surface area contributed by atoms with Crippen molar-refractivity contribution in [2.45, 2.75) is 33.7 Å².